The molecule has 0 aromatic carbocycles. The minimum absolute atomic E-state index is 0.653. The van der Waals surface area contributed by atoms with Gasteiger partial charge in [-0.1, -0.05) is 6.92 Å². The summed E-state index contributed by atoms with van der Waals surface area (Å²) in [4.78, 5) is 3.14. The first-order valence-corrected chi connectivity index (χ1v) is 5.98. The average molecular weight is 195 g/mol. The third-order valence-corrected chi connectivity index (χ3v) is 4.28. The first-order valence-electron chi connectivity index (χ1n) is 5.16. The molecule has 0 bridgehead atoms. The fourth-order valence-electron chi connectivity index (χ4n) is 2.13. The molecule has 0 aliphatic heterocycles. The van der Waals surface area contributed by atoms with E-state index in [9.17, 15) is 0 Å². The van der Waals surface area contributed by atoms with Gasteiger partial charge in [-0.25, -0.2) is 0 Å². The molecule has 2 rings (SSSR count). The lowest BCUT2D eigenvalue weighted by atomic mass is 9.88. The summed E-state index contributed by atoms with van der Waals surface area (Å²) in [7, 11) is 0. The Morgan fingerprint density at radius 2 is 2.46 bits per heavy atom. The van der Waals surface area contributed by atoms with Crippen LogP contribution in [0.15, 0.2) is 6.07 Å². The van der Waals surface area contributed by atoms with Gasteiger partial charge in [0.15, 0.2) is 0 Å². The molecule has 0 spiro atoms. The summed E-state index contributed by atoms with van der Waals surface area (Å²) in [5.74, 6) is 0.653. The second kappa shape index (κ2) is 3.81. The molecule has 1 aromatic heterocycles. The zero-order valence-electron chi connectivity index (χ0n) is 8.18. The van der Waals surface area contributed by atoms with E-state index in [0.717, 1.165) is 6.54 Å². The van der Waals surface area contributed by atoms with Crippen LogP contribution in [0.3, 0.4) is 0 Å². The lowest BCUT2D eigenvalue weighted by Crippen LogP contribution is -2.16. The Balaban J connectivity index is 2.32. The van der Waals surface area contributed by atoms with E-state index in [4.69, 9.17) is 5.73 Å². The standard InChI is InChI=1S/C11H17NS/c1-2-9-6-10-8(7-12)4-3-5-11(10)13-9/h6,8H,2-5,7,12H2,1H3/t8-/m0/s1. The van der Waals surface area contributed by atoms with Gasteiger partial charge in [0.1, 0.15) is 0 Å². The van der Waals surface area contributed by atoms with Crippen molar-refractivity contribution in [2.75, 3.05) is 6.54 Å². The van der Waals surface area contributed by atoms with Crippen LogP contribution in [0.5, 0.6) is 0 Å². The lowest BCUT2D eigenvalue weighted by molar-refractivity contribution is 0.567. The summed E-state index contributed by atoms with van der Waals surface area (Å²) in [5.41, 5.74) is 7.34. The first kappa shape index (κ1) is 9.22. The maximum Gasteiger partial charge on any atom is 0.00834 e. The number of thiophene rings is 1. The van der Waals surface area contributed by atoms with E-state index < -0.39 is 0 Å². The third-order valence-electron chi connectivity index (χ3n) is 2.92. The molecule has 2 heteroatoms. The zero-order valence-corrected chi connectivity index (χ0v) is 8.99. The molecule has 1 heterocycles. The number of fused-ring (bicyclic) bond motifs is 1. The van der Waals surface area contributed by atoms with E-state index >= 15 is 0 Å². The monoisotopic (exact) mass is 195 g/mol. The van der Waals surface area contributed by atoms with Crippen LogP contribution in [0.2, 0.25) is 0 Å². The number of hydrogen-bond donors (Lipinski definition) is 1. The van der Waals surface area contributed by atoms with Gasteiger partial charge in [-0.2, -0.15) is 0 Å². The van der Waals surface area contributed by atoms with Crippen molar-refractivity contribution in [2.24, 2.45) is 5.73 Å². The van der Waals surface area contributed by atoms with Gasteiger partial charge in [-0.15, -0.1) is 11.3 Å². The second-order valence-corrected chi connectivity index (χ2v) is 4.99. The number of aryl methyl sites for hydroxylation is 2. The smallest absolute Gasteiger partial charge is 0.00834 e. The van der Waals surface area contributed by atoms with E-state index in [1.165, 1.54) is 30.6 Å². The highest BCUT2D eigenvalue weighted by Crippen LogP contribution is 2.36. The maximum absolute atomic E-state index is 5.77. The molecule has 0 saturated carbocycles. The predicted octanol–water partition coefficient (Wildman–Crippen LogP) is 2.69. The Kier molecular flexibility index (Phi) is 2.70. The summed E-state index contributed by atoms with van der Waals surface area (Å²) in [6.07, 6.45) is 5.09. The summed E-state index contributed by atoms with van der Waals surface area (Å²) in [5, 5.41) is 0. The third kappa shape index (κ3) is 1.65. The highest BCUT2D eigenvalue weighted by atomic mass is 32.1. The largest absolute Gasteiger partial charge is 0.330 e. The average Bonchev–Trinajstić information content (AvgIpc) is 2.59. The van der Waals surface area contributed by atoms with Crippen molar-refractivity contribution in [1.82, 2.24) is 0 Å². The first-order chi connectivity index (χ1) is 6.35. The summed E-state index contributed by atoms with van der Waals surface area (Å²) >= 11 is 2.00. The summed E-state index contributed by atoms with van der Waals surface area (Å²) in [6.45, 7) is 3.06. The number of nitrogens with two attached hydrogens (primary N) is 1. The summed E-state index contributed by atoms with van der Waals surface area (Å²) in [6, 6.07) is 2.39. The fraction of sp³-hybridized carbons (Fsp3) is 0.636. The van der Waals surface area contributed by atoms with Gasteiger partial charge < -0.3 is 5.73 Å². The topological polar surface area (TPSA) is 26.0 Å². The fourth-order valence-corrected chi connectivity index (χ4v) is 3.36. The van der Waals surface area contributed by atoms with E-state index in [0.29, 0.717) is 5.92 Å². The van der Waals surface area contributed by atoms with Crippen LogP contribution in [0.4, 0.5) is 0 Å². The van der Waals surface area contributed by atoms with Gasteiger partial charge in [0, 0.05) is 9.75 Å². The molecule has 0 saturated heterocycles. The number of hydrogen-bond acceptors (Lipinski definition) is 2. The molecule has 1 nitrogen and oxygen atoms in total. The normalized spacial score (nSPS) is 21.5. The molecule has 1 aromatic rings. The van der Waals surface area contributed by atoms with Crippen molar-refractivity contribution in [3.8, 4) is 0 Å². The van der Waals surface area contributed by atoms with Crippen molar-refractivity contribution in [3.63, 3.8) is 0 Å². The Labute approximate surface area is 84.0 Å². The molecular weight excluding hydrogens is 178 g/mol. The highest BCUT2D eigenvalue weighted by Gasteiger charge is 2.21. The van der Waals surface area contributed by atoms with Gasteiger partial charge in [-0.3, -0.25) is 0 Å². The van der Waals surface area contributed by atoms with Crippen LogP contribution in [0, 0.1) is 0 Å². The maximum atomic E-state index is 5.77. The van der Waals surface area contributed by atoms with Crippen molar-refractivity contribution < 1.29 is 0 Å². The van der Waals surface area contributed by atoms with Gasteiger partial charge in [0.2, 0.25) is 0 Å². The van der Waals surface area contributed by atoms with E-state index in [2.05, 4.69) is 13.0 Å². The molecule has 1 aliphatic rings. The van der Waals surface area contributed by atoms with Gasteiger partial charge >= 0.3 is 0 Å². The minimum atomic E-state index is 0.653. The van der Waals surface area contributed by atoms with Crippen LogP contribution in [0.25, 0.3) is 0 Å². The molecule has 72 valence electrons. The summed E-state index contributed by atoms with van der Waals surface area (Å²) < 4.78 is 0. The molecule has 0 amide bonds. The van der Waals surface area contributed by atoms with Gasteiger partial charge in [-0.05, 0) is 49.8 Å². The van der Waals surface area contributed by atoms with E-state index in [1.807, 2.05) is 11.3 Å². The van der Waals surface area contributed by atoms with E-state index in [-0.39, 0.29) is 0 Å². The minimum Gasteiger partial charge on any atom is -0.330 e. The van der Waals surface area contributed by atoms with Crippen LogP contribution in [-0.4, -0.2) is 6.54 Å². The SMILES string of the molecule is CCc1cc2c(s1)CCC[C@H]2CN. The van der Waals surface area contributed by atoms with E-state index in [1.54, 1.807) is 10.4 Å². The Morgan fingerprint density at radius 3 is 3.15 bits per heavy atom. The number of rotatable bonds is 2. The molecule has 0 unspecified atom stereocenters. The zero-order chi connectivity index (χ0) is 9.26. The van der Waals surface area contributed by atoms with Crippen molar-refractivity contribution in [1.29, 1.82) is 0 Å². The molecule has 2 N–H and O–H groups in total. The quantitative estimate of drug-likeness (QED) is 0.771. The van der Waals surface area contributed by atoms with Crippen molar-refractivity contribution in [3.05, 3.63) is 21.4 Å². The molecule has 0 radical (unpaired) electrons. The lowest BCUT2D eigenvalue weighted by Gasteiger charge is -2.20. The van der Waals surface area contributed by atoms with Gasteiger partial charge in [0.05, 0.1) is 0 Å². The van der Waals surface area contributed by atoms with Crippen molar-refractivity contribution in [2.45, 2.75) is 38.5 Å². The van der Waals surface area contributed by atoms with Crippen LogP contribution in [0.1, 0.15) is 41.0 Å². The molecule has 13 heavy (non-hydrogen) atoms. The Morgan fingerprint density at radius 1 is 1.62 bits per heavy atom. The Bertz CT molecular complexity index is 290. The predicted molar refractivity (Wildman–Crippen MR) is 58.4 cm³/mol. The van der Waals surface area contributed by atoms with Crippen LogP contribution >= 0.6 is 11.3 Å². The molecule has 0 fully saturated rings. The molecular formula is C11H17NS. The van der Waals surface area contributed by atoms with Gasteiger partial charge in [0.25, 0.3) is 0 Å². The Hall–Kier alpha value is -0.340. The van der Waals surface area contributed by atoms with Crippen molar-refractivity contribution >= 4 is 11.3 Å². The van der Waals surface area contributed by atoms with Crippen LogP contribution in [-0.2, 0) is 12.8 Å². The second-order valence-electron chi connectivity index (χ2n) is 3.77. The molecule has 1 atom stereocenters. The molecule has 1 aliphatic carbocycles. The van der Waals surface area contributed by atoms with Crippen LogP contribution < -0.4 is 5.73 Å². The highest BCUT2D eigenvalue weighted by molar-refractivity contribution is 7.12.